The summed E-state index contributed by atoms with van der Waals surface area (Å²) < 4.78 is 17.6. The number of methoxy groups -OCH3 is 2. The molecule has 2 aromatic carbocycles. The van der Waals surface area contributed by atoms with Crippen LogP contribution in [0.15, 0.2) is 47.3 Å². The highest BCUT2D eigenvalue weighted by molar-refractivity contribution is 5.91. The maximum absolute atomic E-state index is 12.9. The summed E-state index contributed by atoms with van der Waals surface area (Å²) in [6.07, 6.45) is 3.84. The van der Waals surface area contributed by atoms with Gasteiger partial charge in [0.25, 0.3) is 0 Å². The van der Waals surface area contributed by atoms with E-state index in [0.717, 1.165) is 42.5 Å². The second-order valence-electron chi connectivity index (χ2n) is 8.42. The summed E-state index contributed by atoms with van der Waals surface area (Å²) >= 11 is 0. The van der Waals surface area contributed by atoms with Gasteiger partial charge in [-0.15, -0.1) is 0 Å². The highest BCUT2D eigenvalue weighted by Gasteiger charge is 2.19. The predicted molar refractivity (Wildman–Crippen MR) is 129 cm³/mol. The number of amides is 1. The van der Waals surface area contributed by atoms with Gasteiger partial charge in [-0.1, -0.05) is 6.07 Å². The van der Waals surface area contributed by atoms with Gasteiger partial charge in [0, 0.05) is 41.9 Å². The first-order valence-electron chi connectivity index (χ1n) is 11.2. The Labute approximate surface area is 197 Å². The summed E-state index contributed by atoms with van der Waals surface area (Å²) in [6.45, 7) is 0. The van der Waals surface area contributed by atoms with E-state index in [-0.39, 0.29) is 11.5 Å². The summed E-state index contributed by atoms with van der Waals surface area (Å²) in [5, 5.41) is 3.23. The molecule has 1 aliphatic rings. The van der Waals surface area contributed by atoms with Crippen molar-refractivity contribution in [1.29, 1.82) is 0 Å². The minimum absolute atomic E-state index is 0.0328. The Bertz CT molecular complexity index is 1290. The molecule has 8 nitrogen and oxygen atoms in total. The summed E-state index contributed by atoms with van der Waals surface area (Å²) in [5.74, 6) is 0.0928. The van der Waals surface area contributed by atoms with Crippen LogP contribution in [0.1, 0.15) is 47.3 Å². The van der Waals surface area contributed by atoms with Crippen molar-refractivity contribution >= 4 is 28.7 Å². The second kappa shape index (κ2) is 9.99. The van der Waals surface area contributed by atoms with Crippen LogP contribution in [0.25, 0.3) is 10.9 Å². The number of aryl methyl sites for hydroxylation is 1. The van der Waals surface area contributed by atoms with Gasteiger partial charge in [0.1, 0.15) is 11.9 Å². The molecule has 1 N–H and O–H groups in total. The average Bonchev–Trinajstić information content (AvgIpc) is 3.34. The third kappa shape index (κ3) is 4.90. The SMILES string of the molecule is COC(=O)c1ccc(Cc2cc(=O)c3cc(NC(=O)OC4CCCC4)ccc3n2C)c(OC)c1. The number of nitrogens with zero attached hydrogens (tertiary/aromatic N) is 1. The Kier molecular flexibility index (Phi) is 6.86. The lowest BCUT2D eigenvalue weighted by Crippen LogP contribution is -2.20. The lowest BCUT2D eigenvalue weighted by molar-refractivity contribution is 0.0600. The third-order valence-electron chi connectivity index (χ3n) is 6.25. The Morgan fingerprint density at radius 2 is 1.82 bits per heavy atom. The molecular weight excluding hydrogens is 436 g/mol. The Morgan fingerprint density at radius 3 is 2.53 bits per heavy atom. The molecule has 1 heterocycles. The van der Waals surface area contributed by atoms with Gasteiger partial charge in [0.15, 0.2) is 5.43 Å². The average molecular weight is 465 g/mol. The molecule has 178 valence electrons. The van der Waals surface area contributed by atoms with Crippen molar-refractivity contribution in [2.24, 2.45) is 7.05 Å². The Balaban J connectivity index is 1.59. The van der Waals surface area contributed by atoms with Crippen molar-refractivity contribution in [2.75, 3.05) is 19.5 Å². The molecular formula is C26H28N2O6. The van der Waals surface area contributed by atoms with Crippen LogP contribution in [0.4, 0.5) is 10.5 Å². The van der Waals surface area contributed by atoms with Gasteiger partial charge < -0.3 is 18.8 Å². The molecule has 0 aliphatic heterocycles. The first-order valence-corrected chi connectivity index (χ1v) is 11.2. The first-order chi connectivity index (χ1) is 16.4. The minimum atomic E-state index is -0.498. The zero-order valence-electron chi connectivity index (χ0n) is 19.6. The van der Waals surface area contributed by atoms with Crippen molar-refractivity contribution in [3.8, 4) is 5.75 Å². The van der Waals surface area contributed by atoms with Gasteiger partial charge in [-0.25, -0.2) is 9.59 Å². The van der Waals surface area contributed by atoms with Crippen LogP contribution in [0, 0.1) is 0 Å². The van der Waals surface area contributed by atoms with E-state index in [1.807, 2.05) is 17.7 Å². The molecule has 3 aromatic rings. The number of hydrogen-bond donors (Lipinski definition) is 1. The number of rotatable bonds is 6. The number of carbonyl (C=O) groups excluding carboxylic acids is 2. The maximum atomic E-state index is 12.9. The number of fused-ring (bicyclic) bond motifs is 1. The number of pyridine rings is 1. The molecule has 34 heavy (non-hydrogen) atoms. The van der Waals surface area contributed by atoms with Crippen LogP contribution in [-0.4, -0.2) is 37.0 Å². The lowest BCUT2D eigenvalue weighted by atomic mass is 10.0. The standard InChI is InChI=1S/C26H28N2O6/c1-28-19(12-16-8-9-17(25(30)33-3)13-24(16)32-2)15-23(29)21-14-18(10-11-22(21)28)27-26(31)34-20-6-4-5-7-20/h8-11,13-15,20H,4-7,12H2,1-3H3,(H,27,31). The molecule has 0 saturated heterocycles. The van der Waals surface area contributed by atoms with E-state index in [2.05, 4.69) is 5.32 Å². The topological polar surface area (TPSA) is 95.9 Å². The normalized spacial score (nSPS) is 13.6. The smallest absolute Gasteiger partial charge is 0.411 e. The van der Waals surface area contributed by atoms with Crippen molar-refractivity contribution in [1.82, 2.24) is 4.57 Å². The fourth-order valence-corrected chi connectivity index (χ4v) is 4.39. The molecule has 0 atom stereocenters. The molecule has 1 aromatic heterocycles. The fraction of sp³-hybridized carbons (Fsp3) is 0.346. The fourth-order valence-electron chi connectivity index (χ4n) is 4.39. The van der Waals surface area contributed by atoms with Gasteiger partial charge in [0.2, 0.25) is 0 Å². The maximum Gasteiger partial charge on any atom is 0.411 e. The summed E-state index contributed by atoms with van der Waals surface area (Å²) in [4.78, 5) is 37.0. The van der Waals surface area contributed by atoms with E-state index >= 15 is 0 Å². The predicted octanol–water partition coefficient (Wildman–Crippen LogP) is 4.42. The van der Waals surface area contributed by atoms with Gasteiger partial charge in [-0.05, 0) is 56.0 Å². The number of carbonyl (C=O) groups is 2. The van der Waals surface area contributed by atoms with Gasteiger partial charge >= 0.3 is 12.1 Å². The highest BCUT2D eigenvalue weighted by Crippen LogP contribution is 2.26. The van der Waals surface area contributed by atoms with Crippen LogP contribution in [0.5, 0.6) is 5.75 Å². The second-order valence-corrected chi connectivity index (χ2v) is 8.42. The number of hydrogen-bond acceptors (Lipinski definition) is 6. The largest absolute Gasteiger partial charge is 0.496 e. The molecule has 8 heteroatoms. The minimum Gasteiger partial charge on any atom is -0.496 e. The monoisotopic (exact) mass is 464 g/mol. The van der Waals surface area contributed by atoms with Gasteiger partial charge in [-0.2, -0.15) is 0 Å². The molecule has 0 bridgehead atoms. The molecule has 0 radical (unpaired) electrons. The summed E-state index contributed by atoms with van der Waals surface area (Å²) in [7, 11) is 4.74. The zero-order chi connectivity index (χ0) is 24.2. The van der Waals surface area contributed by atoms with Gasteiger partial charge in [-0.3, -0.25) is 10.1 Å². The van der Waals surface area contributed by atoms with E-state index < -0.39 is 12.1 Å². The van der Waals surface area contributed by atoms with E-state index in [1.165, 1.54) is 14.2 Å². The number of nitrogens with one attached hydrogen (secondary N) is 1. The van der Waals surface area contributed by atoms with Gasteiger partial charge in [0.05, 0.1) is 25.3 Å². The van der Waals surface area contributed by atoms with Crippen molar-refractivity contribution in [3.63, 3.8) is 0 Å². The number of aromatic nitrogens is 1. The van der Waals surface area contributed by atoms with Crippen LogP contribution in [-0.2, 0) is 22.9 Å². The van der Waals surface area contributed by atoms with Crippen LogP contribution < -0.4 is 15.5 Å². The number of anilines is 1. The lowest BCUT2D eigenvalue weighted by Gasteiger charge is -2.16. The number of esters is 1. The first kappa shape index (κ1) is 23.4. The van der Waals surface area contributed by atoms with E-state index in [9.17, 15) is 14.4 Å². The quantitative estimate of drug-likeness (QED) is 0.543. The van der Waals surface area contributed by atoms with E-state index in [1.54, 1.807) is 36.4 Å². The van der Waals surface area contributed by atoms with Crippen LogP contribution >= 0.6 is 0 Å². The van der Waals surface area contributed by atoms with E-state index in [0.29, 0.717) is 28.8 Å². The molecule has 1 amide bonds. The van der Waals surface area contributed by atoms with E-state index in [4.69, 9.17) is 14.2 Å². The Morgan fingerprint density at radius 1 is 1.06 bits per heavy atom. The molecule has 1 aliphatic carbocycles. The van der Waals surface area contributed by atoms with Crippen LogP contribution in [0.3, 0.4) is 0 Å². The number of ether oxygens (including phenoxy) is 3. The molecule has 4 rings (SSSR count). The molecule has 1 fully saturated rings. The van der Waals surface area contributed by atoms with Crippen molar-refractivity contribution in [3.05, 3.63) is 69.5 Å². The zero-order valence-corrected chi connectivity index (χ0v) is 19.6. The van der Waals surface area contributed by atoms with Crippen LogP contribution in [0.2, 0.25) is 0 Å². The van der Waals surface area contributed by atoms with Crippen molar-refractivity contribution in [2.45, 2.75) is 38.2 Å². The summed E-state index contributed by atoms with van der Waals surface area (Å²) in [6, 6.07) is 11.9. The summed E-state index contributed by atoms with van der Waals surface area (Å²) in [5.41, 5.74) is 3.10. The number of benzene rings is 2. The van der Waals surface area contributed by atoms with Crippen molar-refractivity contribution < 1.29 is 23.8 Å². The molecule has 0 spiro atoms. The Hall–Kier alpha value is -3.81. The molecule has 1 saturated carbocycles. The molecule has 0 unspecified atom stereocenters. The third-order valence-corrected chi connectivity index (χ3v) is 6.25. The highest BCUT2D eigenvalue weighted by atomic mass is 16.6.